The van der Waals surface area contributed by atoms with E-state index in [0.29, 0.717) is 11.3 Å². The van der Waals surface area contributed by atoms with Crippen molar-refractivity contribution in [3.63, 3.8) is 0 Å². The van der Waals surface area contributed by atoms with E-state index >= 15 is 0 Å². The summed E-state index contributed by atoms with van der Waals surface area (Å²) >= 11 is 12.5. The van der Waals surface area contributed by atoms with Crippen LogP contribution in [-0.2, 0) is 0 Å². The van der Waals surface area contributed by atoms with Crippen molar-refractivity contribution in [2.45, 2.75) is 24.6 Å². The van der Waals surface area contributed by atoms with Crippen LogP contribution in [0.2, 0.25) is 0 Å². The molecule has 0 aromatic carbocycles. The molecule has 2 heteroatoms. The Morgan fingerprint density at radius 3 is 2.92 bits per heavy atom. The van der Waals surface area contributed by atoms with Crippen LogP contribution in [0.5, 0.6) is 0 Å². The van der Waals surface area contributed by atoms with E-state index in [0.717, 1.165) is 22.8 Å². The molecule has 2 fully saturated rings. The van der Waals surface area contributed by atoms with E-state index in [-0.39, 0.29) is 0 Å². The number of halogens is 2. The van der Waals surface area contributed by atoms with Gasteiger partial charge in [-0.15, -0.1) is 11.6 Å². The minimum absolute atomic E-state index is 0.324. The van der Waals surface area contributed by atoms with Gasteiger partial charge in [-0.3, -0.25) is 0 Å². The van der Waals surface area contributed by atoms with Crippen LogP contribution >= 0.6 is 23.2 Å². The van der Waals surface area contributed by atoms with Gasteiger partial charge in [0.2, 0.25) is 0 Å². The third-order valence-electron chi connectivity index (χ3n) is 3.88. The topological polar surface area (TPSA) is 0 Å². The third-order valence-corrected chi connectivity index (χ3v) is 4.71. The fraction of sp³-hybridized carbons (Fsp3) is 0.800. The summed E-state index contributed by atoms with van der Waals surface area (Å²) < 4.78 is 0. The Morgan fingerprint density at radius 2 is 2.08 bits per heavy atom. The molecular formula is C10H12Cl2. The maximum atomic E-state index is 6.27. The van der Waals surface area contributed by atoms with Crippen LogP contribution < -0.4 is 0 Å². The van der Waals surface area contributed by atoms with Gasteiger partial charge in [-0.05, 0) is 37.0 Å². The van der Waals surface area contributed by atoms with Crippen molar-refractivity contribution in [1.82, 2.24) is 0 Å². The SMILES string of the molecule is ClC1=CC2CC3CC(Cl)C1C3C2. The zero-order valence-electron chi connectivity index (χ0n) is 6.84. The van der Waals surface area contributed by atoms with E-state index in [1.807, 2.05) is 0 Å². The highest BCUT2D eigenvalue weighted by molar-refractivity contribution is 6.31. The Morgan fingerprint density at radius 1 is 1.25 bits per heavy atom. The van der Waals surface area contributed by atoms with E-state index in [2.05, 4.69) is 6.08 Å². The largest absolute Gasteiger partial charge is 0.122 e. The Kier molecular flexibility index (Phi) is 1.55. The zero-order chi connectivity index (χ0) is 8.29. The predicted octanol–water partition coefficient (Wildman–Crippen LogP) is 3.39. The van der Waals surface area contributed by atoms with Crippen molar-refractivity contribution < 1.29 is 0 Å². The Labute approximate surface area is 82.9 Å². The number of allylic oxidation sites excluding steroid dienone is 2. The molecule has 0 aliphatic heterocycles. The number of hydrogen-bond acceptors (Lipinski definition) is 0. The molecule has 0 saturated heterocycles. The summed E-state index contributed by atoms with van der Waals surface area (Å²) in [4.78, 5) is 0. The molecule has 0 nitrogen and oxygen atoms in total. The lowest BCUT2D eigenvalue weighted by Gasteiger charge is -2.25. The van der Waals surface area contributed by atoms with Crippen molar-refractivity contribution in [2.24, 2.45) is 23.7 Å². The van der Waals surface area contributed by atoms with Crippen molar-refractivity contribution >= 4 is 23.2 Å². The fourth-order valence-corrected chi connectivity index (χ4v) is 4.57. The first kappa shape index (κ1) is 7.70. The van der Waals surface area contributed by atoms with E-state index in [1.54, 1.807) is 0 Å². The molecular weight excluding hydrogens is 191 g/mol. The Hall–Kier alpha value is 0.320. The Balaban J connectivity index is 2.05. The summed E-state index contributed by atoms with van der Waals surface area (Å²) in [5, 5.41) is 1.39. The van der Waals surface area contributed by atoms with Crippen LogP contribution in [0.3, 0.4) is 0 Å². The van der Waals surface area contributed by atoms with Crippen LogP contribution in [0.4, 0.5) is 0 Å². The quantitative estimate of drug-likeness (QED) is 0.529. The van der Waals surface area contributed by atoms with Gasteiger partial charge in [0.25, 0.3) is 0 Å². The van der Waals surface area contributed by atoms with E-state index < -0.39 is 0 Å². The smallest absolute Gasteiger partial charge is 0.0418 e. The molecule has 3 aliphatic rings. The second-order valence-electron chi connectivity index (χ2n) is 4.48. The minimum atomic E-state index is 0.324. The average Bonchev–Trinajstić information content (AvgIpc) is 2.40. The van der Waals surface area contributed by atoms with Gasteiger partial charge in [0.15, 0.2) is 0 Å². The minimum Gasteiger partial charge on any atom is -0.122 e. The van der Waals surface area contributed by atoms with Crippen LogP contribution in [0.15, 0.2) is 11.1 Å². The average molecular weight is 203 g/mol. The lowest BCUT2D eigenvalue weighted by Crippen LogP contribution is -2.19. The van der Waals surface area contributed by atoms with Gasteiger partial charge in [-0.2, -0.15) is 0 Å². The highest BCUT2D eigenvalue weighted by atomic mass is 35.5. The monoisotopic (exact) mass is 202 g/mol. The summed E-state index contributed by atoms with van der Waals surface area (Å²) in [6.45, 7) is 0. The standard InChI is InChI=1S/C10H12Cl2/c11-8-3-5-1-6-4-9(12)10(8)7(6)2-5/h3,5-7,9-10H,1-2,4H2. The number of hydrogen-bond donors (Lipinski definition) is 0. The van der Waals surface area contributed by atoms with Crippen molar-refractivity contribution in [2.75, 3.05) is 0 Å². The van der Waals surface area contributed by atoms with E-state index in [1.165, 1.54) is 19.3 Å². The van der Waals surface area contributed by atoms with Gasteiger partial charge in [0.05, 0.1) is 0 Å². The summed E-state index contributed by atoms with van der Waals surface area (Å²) in [5.74, 6) is 3.01. The maximum Gasteiger partial charge on any atom is 0.0418 e. The molecule has 0 spiro atoms. The molecule has 0 radical (unpaired) electrons. The molecule has 5 unspecified atom stereocenters. The molecule has 0 amide bonds. The summed E-state index contributed by atoms with van der Waals surface area (Å²) in [6, 6.07) is 0. The van der Waals surface area contributed by atoms with E-state index in [4.69, 9.17) is 23.2 Å². The molecule has 2 bridgehead atoms. The first-order chi connectivity index (χ1) is 5.75. The lowest BCUT2D eigenvalue weighted by atomic mass is 9.86. The highest BCUT2D eigenvalue weighted by Gasteiger charge is 2.51. The number of alkyl halides is 1. The molecule has 5 atom stereocenters. The van der Waals surface area contributed by atoms with Gasteiger partial charge >= 0.3 is 0 Å². The normalized spacial score (nSPS) is 55.8. The van der Waals surface area contributed by atoms with Gasteiger partial charge < -0.3 is 0 Å². The van der Waals surface area contributed by atoms with Gasteiger partial charge in [-0.1, -0.05) is 17.7 Å². The molecule has 3 rings (SSSR count). The first-order valence-corrected chi connectivity index (χ1v) is 5.58. The van der Waals surface area contributed by atoms with Crippen LogP contribution in [0.1, 0.15) is 19.3 Å². The predicted molar refractivity (Wildman–Crippen MR) is 51.4 cm³/mol. The van der Waals surface area contributed by atoms with Gasteiger partial charge in [-0.25, -0.2) is 0 Å². The second-order valence-corrected chi connectivity index (χ2v) is 5.48. The number of fused-ring (bicyclic) bond motifs is 1. The van der Waals surface area contributed by atoms with Crippen molar-refractivity contribution in [3.8, 4) is 0 Å². The molecule has 0 heterocycles. The third kappa shape index (κ3) is 0.858. The summed E-state index contributed by atoms with van der Waals surface area (Å²) in [5.41, 5.74) is 0. The molecule has 12 heavy (non-hydrogen) atoms. The summed E-state index contributed by atoms with van der Waals surface area (Å²) in [6.07, 6.45) is 6.17. The lowest BCUT2D eigenvalue weighted by molar-refractivity contribution is 0.389. The van der Waals surface area contributed by atoms with Crippen molar-refractivity contribution in [1.29, 1.82) is 0 Å². The molecule has 0 aromatic rings. The number of rotatable bonds is 0. The van der Waals surface area contributed by atoms with Crippen LogP contribution in [0, 0.1) is 23.7 Å². The fourth-order valence-electron chi connectivity index (χ4n) is 3.47. The van der Waals surface area contributed by atoms with Crippen LogP contribution in [-0.4, -0.2) is 5.38 Å². The maximum absolute atomic E-state index is 6.27. The molecule has 3 aliphatic carbocycles. The second kappa shape index (κ2) is 2.42. The molecule has 0 aromatic heterocycles. The van der Waals surface area contributed by atoms with Gasteiger partial charge in [0.1, 0.15) is 0 Å². The Bertz CT molecular complexity index is 244. The first-order valence-electron chi connectivity index (χ1n) is 4.77. The highest BCUT2D eigenvalue weighted by Crippen LogP contribution is 2.58. The molecule has 0 N–H and O–H groups in total. The van der Waals surface area contributed by atoms with Crippen LogP contribution in [0.25, 0.3) is 0 Å². The zero-order valence-corrected chi connectivity index (χ0v) is 8.35. The molecule has 2 saturated carbocycles. The van der Waals surface area contributed by atoms with Gasteiger partial charge in [0, 0.05) is 16.3 Å². The van der Waals surface area contributed by atoms with Crippen molar-refractivity contribution in [3.05, 3.63) is 11.1 Å². The van der Waals surface area contributed by atoms with E-state index in [9.17, 15) is 0 Å². The summed E-state index contributed by atoms with van der Waals surface area (Å²) in [7, 11) is 0. The molecule has 66 valence electrons.